The lowest BCUT2D eigenvalue weighted by Gasteiger charge is -2.54. The number of morpholine rings is 1. The first-order chi connectivity index (χ1) is 14.2. The molecule has 0 radical (unpaired) electrons. The fraction of sp³-hybridized carbons (Fsp3) is 0.667. The Morgan fingerprint density at radius 1 is 1.10 bits per heavy atom. The van der Waals surface area contributed by atoms with Crippen LogP contribution in [0.3, 0.4) is 0 Å². The summed E-state index contributed by atoms with van der Waals surface area (Å²) in [6.07, 6.45) is 7.20. The average Bonchev–Trinajstić information content (AvgIpc) is 2.71. The Morgan fingerprint density at radius 3 is 2.45 bits per heavy atom. The van der Waals surface area contributed by atoms with Crippen LogP contribution in [0.25, 0.3) is 0 Å². The molecule has 6 rings (SSSR count). The third-order valence-corrected chi connectivity index (χ3v) is 7.68. The highest BCUT2D eigenvalue weighted by molar-refractivity contribution is 5.77. The molecule has 1 saturated heterocycles. The van der Waals surface area contributed by atoms with Gasteiger partial charge in [0.2, 0.25) is 5.91 Å². The van der Waals surface area contributed by atoms with Gasteiger partial charge in [0.05, 0.1) is 30.8 Å². The van der Waals surface area contributed by atoms with Crippen molar-refractivity contribution in [2.24, 2.45) is 23.7 Å². The second-order valence-electron chi connectivity index (χ2n) is 9.76. The van der Waals surface area contributed by atoms with E-state index in [1.54, 1.807) is 0 Å². The highest BCUT2D eigenvalue weighted by Gasteiger charge is 2.48. The first kappa shape index (κ1) is 19.1. The van der Waals surface area contributed by atoms with Crippen molar-refractivity contribution in [2.45, 2.75) is 57.2 Å². The zero-order valence-corrected chi connectivity index (χ0v) is 17.1. The third-order valence-electron chi connectivity index (χ3n) is 7.68. The topological polar surface area (TPSA) is 65.4 Å². The number of nitrogens with one attached hydrogen (secondary N) is 1. The predicted octanol–water partition coefficient (Wildman–Crippen LogP) is 3.09. The molecule has 0 aromatic heterocycles. The standard InChI is InChI=1S/C24H31N3O2/c25-13-16-1-3-17(4-2-16)14-27-5-6-29-22(15-27)12-23(28)26-24-20-8-18-7-19(10-20)11-21(24)9-18/h1-4,18-22,24H,5-12,14-15H2,(H,26,28). The van der Waals surface area contributed by atoms with Crippen LogP contribution in [-0.2, 0) is 16.1 Å². The number of hydrogen-bond donors (Lipinski definition) is 1. The van der Waals surface area contributed by atoms with Gasteiger partial charge in [-0.1, -0.05) is 12.1 Å². The molecule has 5 aliphatic rings. The number of amides is 1. The van der Waals surface area contributed by atoms with Crippen molar-refractivity contribution in [1.82, 2.24) is 10.2 Å². The van der Waals surface area contributed by atoms with Gasteiger partial charge >= 0.3 is 0 Å². The van der Waals surface area contributed by atoms with Gasteiger partial charge in [-0.05, 0) is 73.5 Å². The number of carbonyl (C=O) groups excluding carboxylic acids is 1. The van der Waals surface area contributed by atoms with E-state index in [1.807, 2.05) is 24.3 Å². The van der Waals surface area contributed by atoms with Crippen LogP contribution < -0.4 is 5.32 Å². The molecule has 1 heterocycles. The van der Waals surface area contributed by atoms with Gasteiger partial charge in [-0.25, -0.2) is 0 Å². The maximum atomic E-state index is 12.8. The smallest absolute Gasteiger partial charge is 0.222 e. The van der Waals surface area contributed by atoms with Crippen molar-refractivity contribution >= 4 is 5.91 Å². The van der Waals surface area contributed by atoms with E-state index in [0.717, 1.165) is 43.3 Å². The minimum absolute atomic E-state index is 0.0287. The van der Waals surface area contributed by atoms with Gasteiger partial charge in [0, 0.05) is 25.7 Å². The van der Waals surface area contributed by atoms with Crippen LogP contribution in [0.4, 0.5) is 0 Å². The lowest BCUT2D eigenvalue weighted by molar-refractivity contribution is -0.130. The summed E-state index contributed by atoms with van der Waals surface area (Å²) in [5.74, 6) is 3.48. The highest BCUT2D eigenvalue weighted by Crippen LogP contribution is 2.53. The Kier molecular flexibility index (Phi) is 5.32. The molecule has 29 heavy (non-hydrogen) atoms. The molecule has 5 nitrogen and oxygen atoms in total. The van der Waals surface area contributed by atoms with Crippen LogP contribution in [-0.4, -0.2) is 42.6 Å². The van der Waals surface area contributed by atoms with E-state index >= 15 is 0 Å². The monoisotopic (exact) mass is 393 g/mol. The second-order valence-corrected chi connectivity index (χ2v) is 9.76. The van der Waals surface area contributed by atoms with Gasteiger partial charge in [-0.15, -0.1) is 0 Å². The van der Waals surface area contributed by atoms with Gasteiger partial charge < -0.3 is 10.1 Å². The van der Waals surface area contributed by atoms with Crippen molar-refractivity contribution in [3.8, 4) is 6.07 Å². The maximum Gasteiger partial charge on any atom is 0.222 e. The number of nitrogens with zero attached hydrogens (tertiary/aromatic N) is 2. The van der Waals surface area contributed by atoms with Crippen molar-refractivity contribution in [1.29, 1.82) is 5.26 Å². The van der Waals surface area contributed by atoms with Gasteiger partial charge in [-0.3, -0.25) is 9.69 Å². The summed E-state index contributed by atoms with van der Waals surface area (Å²) in [6.45, 7) is 3.18. The quantitative estimate of drug-likeness (QED) is 0.835. The molecule has 1 amide bonds. The molecule has 1 aliphatic heterocycles. The molecule has 1 atom stereocenters. The van der Waals surface area contributed by atoms with E-state index < -0.39 is 0 Å². The number of ether oxygens (including phenoxy) is 1. The lowest BCUT2D eigenvalue weighted by atomic mass is 9.54. The minimum Gasteiger partial charge on any atom is -0.375 e. The Hall–Kier alpha value is -1.90. The summed E-state index contributed by atoms with van der Waals surface area (Å²) in [5, 5.41) is 12.4. The van der Waals surface area contributed by atoms with Gasteiger partial charge in [0.25, 0.3) is 0 Å². The molecule has 1 aromatic rings. The molecule has 154 valence electrons. The summed E-state index contributed by atoms with van der Waals surface area (Å²) in [6, 6.07) is 10.3. The van der Waals surface area contributed by atoms with E-state index in [2.05, 4.69) is 16.3 Å². The second kappa shape index (κ2) is 8.08. The van der Waals surface area contributed by atoms with Crippen LogP contribution in [0.15, 0.2) is 24.3 Å². The predicted molar refractivity (Wildman–Crippen MR) is 110 cm³/mol. The molecular formula is C24H31N3O2. The summed E-state index contributed by atoms with van der Waals surface area (Å²) < 4.78 is 5.91. The largest absolute Gasteiger partial charge is 0.375 e. The number of hydrogen-bond acceptors (Lipinski definition) is 4. The van der Waals surface area contributed by atoms with Crippen LogP contribution >= 0.6 is 0 Å². The van der Waals surface area contributed by atoms with E-state index in [4.69, 9.17) is 10.00 Å². The molecule has 4 saturated carbocycles. The first-order valence-electron chi connectivity index (χ1n) is 11.3. The van der Waals surface area contributed by atoms with Crippen molar-refractivity contribution in [3.63, 3.8) is 0 Å². The van der Waals surface area contributed by atoms with Gasteiger partial charge in [0.15, 0.2) is 0 Å². The molecule has 5 heteroatoms. The van der Waals surface area contributed by atoms with Crippen LogP contribution in [0.2, 0.25) is 0 Å². The molecular weight excluding hydrogens is 362 g/mol. The van der Waals surface area contributed by atoms with E-state index in [0.29, 0.717) is 24.6 Å². The molecule has 5 fully saturated rings. The van der Waals surface area contributed by atoms with Gasteiger partial charge in [0.1, 0.15) is 0 Å². The minimum atomic E-state index is -0.0287. The third kappa shape index (κ3) is 4.20. The Balaban J connectivity index is 1.12. The first-order valence-corrected chi connectivity index (χ1v) is 11.3. The number of benzene rings is 1. The van der Waals surface area contributed by atoms with E-state index in [-0.39, 0.29) is 12.0 Å². The average molecular weight is 394 g/mol. The summed E-state index contributed by atoms with van der Waals surface area (Å²) in [7, 11) is 0. The zero-order valence-electron chi connectivity index (χ0n) is 17.1. The summed E-state index contributed by atoms with van der Waals surface area (Å²) >= 11 is 0. The summed E-state index contributed by atoms with van der Waals surface area (Å²) in [5.41, 5.74) is 1.89. The van der Waals surface area contributed by atoms with Crippen molar-refractivity contribution < 1.29 is 9.53 Å². The SMILES string of the molecule is N#Cc1ccc(CN2CCOC(CC(=O)NC3C4CC5CC(C4)CC3C5)C2)cc1. The molecule has 1 N–H and O–H groups in total. The van der Waals surface area contributed by atoms with Gasteiger partial charge in [-0.2, -0.15) is 5.26 Å². The van der Waals surface area contributed by atoms with Crippen LogP contribution in [0.5, 0.6) is 0 Å². The molecule has 4 aliphatic carbocycles. The maximum absolute atomic E-state index is 12.8. The highest BCUT2D eigenvalue weighted by atomic mass is 16.5. The zero-order chi connectivity index (χ0) is 19.8. The van der Waals surface area contributed by atoms with Crippen molar-refractivity contribution in [2.75, 3.05) is 19.7 Å². The fourth-order valence-corrected chi connectivity index (χ4v) is 6.60. The fourth-order valence-electron chi connectivity index (χ4n) is 6.60. The molecule has 1 aromatic carbocycles. The lowest BCUT2D eigenvalue weighted by Crippen LogP contribution is -2.56. The molecule has 0 spiro atoms. The number of rotatable bonds is 5. The molecule has 1 unspecified atom stereocenters. The Labute approximate surface area is 173 Å². The summed E-state index contributed by atoms with van der Waals surface area (Å²) in [4.78, 5) is 15.2. The van der Waals surface area contributed by atoms with Crippen LogP contribution in [0, 0.1) is 35.0 Å². The van der Waals surface area contributed by atoms with Crippen LogP contribution in [0.1, 0.15) is 49.7 Å². The normalized spacial score (nSPS) is 36.0. The Morgan fingerprint density at radius 2 is 1.79 bits per heavy atom. The van der Waals surface area contributed by atoms with Crippen molar-refractivity contribution in [3.05, 3.63) is 35.4 Å². The van der Waals surface area contributed by atoms with E-state index in [9.17, 15) is 4.79 Å². The Bertz CT molecular complexity index is 756. The molecule has 4 bridgehead atoms. The number of nitriles is 1. The van der Waals surface area contributed by atoms with E-state index in [1.165, 1.54) is 37.7 Å². The number of carbonyl (C=O) groups is 1.